The van der Waals surface area contributed by atoms with Crippen LogP contribution in [0.2, 0.25) is 0 Å². The van der Waals surface area contributed by atoms with Gasteiger partial charge in [0, 0.05) is 27.0 Å². The van der Waals surface area contributed by atoms with Crippen LogP contribution in [0, 0.1) is 0 Å². The van der Waals surface area contributed by atoms with Crippen molar-refractivity contribution in [3.8, 4) is 0 Å². The van der Waals surface area contributed by atoms with E-state index in [2.05, 4.69) is 87.8 Å². The summed E-state index contributed by atoms with van der Waals surface area (Å²) in [7, 11) is 0. The minimum atomic E-state index is 0.172. The Hall–Kier alpha value is -1.76. The minimum absolute atomic E-state index is 0.172. The predicted octanol–water partition coefficient (Wildman–Crippen LogP) is 7.45. The molecule has 0 saturated heterocycles. The third kappa shape index (κ3) is 5.87. The highest BCUT2D eigenvalue weighted by Crippen LogP contribution is 2.31. The first-order valence-corrected chi connectivity index (χ1v) is 12.0. The summed E-state index contributed by atoms with van der Waals surface area (Å²) in [4.78, 5) is 0. The van der Waals surface area contributed by atoms with Crippen LogP contribution in [-0.2, 0) is 5.54 Å². The molecule has 1 nitrogen and oxygen atoms in total. The van der Waals surface area contributed by atoms with Crippen molar-refractivity contribution in [3.63, 3.8) is 0 Å². The molecular weight excluding hydrogens is 350 g/mol. The third-order valence-electron chi connectivity index (χ3n) is 6.36. The second kappa shape index (κ2) is 12.1. The summed E-state index contributed by atoms with van der Waals surface area (Å²) in [5, 5.41) is 4.14. The number of unbranched alkanes of at least 4 members (excludes halogenated alkanes) is 6. The van der Waals surface area contributed by atoms with Gasteiger partial charge in [0.15, 0.2) is 0 Å². The molecule has 0 radical (unpaired) electrons. The normalized spacial score (nSPS) is 14.0. The fourth-order valence-corrected chi connectivity index (χ4v) is 4.73. The minimum Gasteiger partial charge on any atom is -0.335 e. The molecule has 1 heteroatoms. The largest absolute Gasteiger partial charge is 0.335 e. The lowest BCUT2D eigenvalue weighted by Gasteiger charge is -2.34. The molecule has 29 heavy (non-hydrogen) atoms. The number of nitrogens with zero attached hydrogens (tertiary/aromatic N) is 1. The van der Waals surface area contributed by atoms with Gasteiger partial charge in [0.1, 0.15) is 0 Å². The van der Waals surface area contributed by atoms with Gasteiger partial charge in [0.05, 0.1) is 0 Å². The van der Waals surface area contributed by atoms with E-state index in [9.17, 15) is 0 Å². The number of allylic oxidation sites excluding steroid dienone is 2. The number of para-hydroxylation sites is 1. The number of aromatic nitrogens is 1. The summed E-state index contributed by atoms with van der Waals surface area (Å²) in [6, 6.07) is 9.00. The Kier molecular flexibility index (Phi) is 9.78. The van der Waals surface area contributed by atoms with Crippen molar-refractivity contribution in [2.75, 3.05) is 0 Å². The summed E-state index contributed by atoms with van der Waals surface area (Å²) in [6.45, 7) is 11.4. The Morgan fingerprint density at radius 1 is 0.862 bits per heavy atom. The molecule has 0 aliphatic rings. The van der Waals surface area contributed by atoms with E-state index in [1.54, 1.807) is 0 Å². The molecule has 2 aromatic rings. The van der Waals surface area contributed by atoms with Crippen LogP contribution in [0.25, 0.3) is 23.1 Å². The zero-order valence-electron chi connectivity index (χ0n) is 19.6. The summed E-state index contributed by atoms with van der Waals surface area (Å²) in [5.41, 5.74) is 1.56. The molecule has 0 aliphatic carbocycles. The number of benzene rings is 1. The van der Waals surface area contributed by atoms with Crippen LogP contribution in [0.4, 0.5) is 0 Å². The number of hydrogen-bond donors (Lipinski definition) is 0. The molecule has 2 rings (SSSR count). The predicted molar refractivity (Wildman–Crippen MR) is 132 cm³/mol. The van der Waals surface area contributed by atoms with E-state index < -0.39 is 0 Å². The van der Waals surface area contributed by atoms with Crippen LogP contribution in [0.3, 0.4) is 0 Å². The molecule has 0 unspecified atom stereocenters. The molecule has 1 aromatic heterocycles. The van der Waals surface area contributed by atoms with Gasteiger partial charge in [-0.3, -0.25) is 0 Å². The summed E-state index contributed by atoms with van der Waals surface area (Å²) >= 11 is 0. The second-order valence-corrected chi connectivity index (χ2v) is 8.75. The van der Waals surface area contributed by atoms with Crippen LogP contribution >= 0.6 is 0 Å². The zero-order valence-corrected chi connectivity index (χ0v) is 19.6. The van der Waals surface area contributed by atoms with Gasteiger partial charge in [0.25, 0.3) is 0 Å². The SMILES string of the molecule is C\C=C/C=c1\c(=C/C)n(C(C)(CCCCCC)CCCCCC)c2ccccc12. The Morgan fingerprint density at radius 3 is 2.03 bits per heavy atom. The molecule has 0 spiro atoms. The maximum atomic E-state index is 2.69. The van der Waals surface area contributed by atoms with E-state index in [1.165, 1.54) is 85.7 Å². The molecule has 0 N–H and O–H groups in total. The van der Waals surface area contributed by atoms with Crippen molar-refractivity contribution in [1.82, 2.24) is 4.57 Å². The lowest BCUT2D eigenvalue weighted by atomic mass is 9.87. The van der Waals surface area contributed by atoms with Crippen LogP contribution < -0.4 is 10.6 Å². The molecule has 160 valence electrons. The fraction of sp³-hybridized carbons (Fsp3) is 0.571. The monoisotopic (exact) mass is 393 g/mol. The molecule has 1 heterocycles. The molecular formula is C28H43N. The van der Waals surface area contributed by atoms with Gasteiger partial charge in [-0.1, -0.05) is 108 Å². The van der Waals surface area contributed by atoms with E-state index in [1.807, 2.05) is 0 Å². The highest BCUT2D eigenvalue weighted by molar-refractivity contribution is 5.83. The van der Waals surface area contributed by atoms with Crippen LogP contribution in [0.5, 0.6) is 0 Å². The Bertz CT molecular complexity index is 869. The Morgan fingerprint density at radius 2 is 1.48 bits per heavy atom. The number of fused-ring (bicyclic) bond motifs is 1. The lowest BCUT2D eigenvalue weighted by molar-refractivity contribution is 0.254. The summed E-state index contributed by atoms with van der Waals surface area (Å²) in [5.74, 6) is 0. The highest BCUT2D eigenvalue weighted by atomic mass is 15.1. The molecule has 0 aliphatic heterocycles. The molecule has 0 fully saturated rings. The second-order valence-electron chi connectivity index (χ2n) is 8.75. The first kappa shape index (κ1) is 23.5. The molecule has 0 atom stereocenters. The van der Waals surface area contributed by atoms with Crippen molar-refractivity contribution in [2.24, 2.45) is 0 Å². The van der Waals surface area contributed by atoms with Gasteiger partial charge in [-0.15, -0.1) is 0 Å². The zero-order chi connectivity index (χ0) is 21.1. The third-order valence-corrected chi connectivity index (χ3v) is 6.36. The first-order chi connectivity index (χ1) is 14.1. The smallest absolute Gasteiger partial charge is 0.0496 e. The van der Waals surface area contributed by atoms with Gasteiger partial charge < -0.3 is 4.57 Å². The fourth-order valence-electron chi connectivity index (χ4n) is 4.73. The molecule has 0 bridgehead atoms. The number of hydrogen-bond acceptors (Lipinski definition) is 0. The highest BCUT2D eigenvalue weighted by Gasteiger charge is 2.28. The van der Waals surface area contributed by atoms with Crippen LogP contribution in [0.1, 0.15) is 98.8 Å². The van der Waals surface area contributed by atoms with Crippen molar-refractivity contribution in [1.29, 1.82) is 0 Å². The van der Waals surface area contributed by atoms with Crippen LogP contribution in [0.15, 0.2) is 36.4 Å². The molecule has 0 saturated carbocycles. The average molecular weight is 394 g/mol. The first-order valence-electron chi connectivity index (χ1n) is 12.0. The van der Waals surface area contributed by atoms with Gasteiger partial charge >= 0.3 is 0 Å². The Balaban J connectivity index is 2.59. The Labute approximate surface area is 179 Å². The molecule has 0 amide bonds. The van der Waals surface area contributed by atoms with Crippen LogP contribution in [-0.4, -0.2) is 4.57 Å². The molecule has 1 aromatic carbocycles. The van der Waals surface area contributed by atoms with E-state index in [-0.39, 0.29) is 5.54 Å². The van der Waals surface area contributed by atoms with E-state index in [0.717, 1.165) is 0 Å². The maximum absolute atomic E-state index is 2.69. The van der Waals surface area contributed by atoms with Gasteiger partial charge in [0.2, 0.25) is 0 Å². The lowest BCUT2D eigenvalue weighted by Crippen LogP contribution is -2.41. The van der Waals surface area contributed by atoms with Gasteiger partial charge in [-0.2, -0.15) is 0 Å². The van der Waals surface area contributed by atoms with E-state index >= 15 is 0 Å². The van der Waals surface area contributed by atoms with Crippen molar-refractivity contribution in [3.05, 3.63) is 47.0 Å². The number of rotatable bonds is 12. The van der Waals surface area contributed by atoms with Crippen molar-refractivity contribution < 1.29 is 0 Å². The van der Waals surface area contributed by atoms with E-state index in [0.29, 0.717) is 0 Å². The average Bonchev–Trinajstić information content (AvgIpc) is 3.07. The standard InChI is InChI=1S/C28H43N/c1-6-10-13-17-22-28(5,23-18-14-11-7-2)29-26(9-4)24(19-12-8-3)25-20-15-16-21-27(25)29/h8-9,12,15-16,19-21H,6-7,10-11,13-14,17-18,22-23H2,1-5H3/b12-8-,24-19-,26-9+. The summed E-state index contributed by atoms with van der Waals surface area (Å²) in [6.07, 6.45) is 22.1. The van der Waals surface area contributed by atoms with Gasteiger partial charge in [-0.05, 0) is 39.7 Å². The van der Waals surface area contributed by atoms with Gasteiger partial charge in [-0.25, -0.2) is 0 Å². The maximum Gasteiger partial charge on any atom is 0.0496 e. The topological polar surface area (TPSA) is 4.93 Å². The van der Waals surface area contributed by atoms with Crippen molar-refractivity contribution >= 4 is 23.1 Å². The van der Waals surface area contributed by atoms with Crippen molar-refractivity contribution in [2.45, 2.75) is 104 Å². The quantitative estimate of drug-likeness (QED) is 0.330. The van der Waals surface area contributed by atoms with E-state index in [4.69, 9.17) is 0 Å². The summed E-state index contributed by atoms with van der Waals surface area (Å²) < 4.78 is 2.69.